The summed E-state index contributed by atoms with van der Waals surface area (Å²) in [5.41, 5.74) is -2.84. The van der Waals surface area contributed by atoms with Crippen LogP contribution in [-0.2, 0) is 18.9 Å². The molecule has 2 rings (SSSR count). The van der Waals surface area contributed by atoms with Gasteiger partial charge in [0.25, 0.3) is 0 Å². The number of ether oxygens (including phenoxy) is 1. The van der Waals surface area contributed by atoms with E-state index in [1.165, 1.54) is 17.3 Å². The summed E-state index contributed by atoms with van der Waals surface area (Å²) in [5, 5.41) is 3.73. The average molecular weight is 325 g/mol. The summed E-state index contributed by atoms with van der Waals surface area (Å²) < 4.78 is 82.1. The average Bonchev–Trinajstić information content (AvgIpc) is 2.89. The third-order valence-electron chi connectivity index (χ3n) is 2.62. The van der Waals surface area contributed by atoms with Crippen LogP contribution in [0.15, 0.2) is 30.9 Å². The first kappa shape index (κ1) is 16.1. The number of halogens is 6. The summed E-state index contributed by atoms with van der Waals surface area (Å²) in [6.45, 7) is -0.0143. The van der Waals surface area contributed by atoms with E-state index in [9.17, 15) is 26.3 Å². The van der Waals surface area contributed by atoms with Crippen LogP contribution >= 0.6 is 0 Å². The highest BCUT2D eigenvalue weighted by molar-refractivity contribution is 5.37. The van der Waals surface area contributed by atoms with Gasteiger partial charge in [-0.1, -0.05) is 0 Å². The van der Waals surface area contributed by atoms with Gasteiger partial charge in [0.15, 0.2) is 0 Å². The monoisotopic (exact) mass is 325 g/mol. The summed E-state index contributed by atoms with van der Waals surface area (Å²) in [4.78, 5) is 3.64. The number of aromatic nitrogens is 3. The molecule has 10 heteroatoms. The molecule has 0 aliphatic carbocycles. The lowest BCUT2D eigenvalue weighted by molar-refractivity contribution is -0.143. The zero-order valence-corrected chi connectivity index (χ0v) is 10.8. The maximum Gasteiger partial charge on any atom is 0.416 e. The van der Waals surface area contributed by atoms with Crippen molar-refractivity contribution in [1.29, 1.82) is 0 Å². The fourth-order valence-electron chi connectivity index (χ4n) is 1.61. The molecule has 0 unspecified atom stereocenters. The summed E-state index contributed by atoms with van der Waals surface area (Å²) in [5.74, 6) is -0.512. The van der Waals surface area contributed by atoms with Crippen molar-refractivity contribution in [2.45, 2.75) is 18.9 Å². The van der Waals surface area contributed by atoms with Crippen molar-refractivity contribution < 1.29 is 31.1 Å². The first-order valence-corrected chi connectivity index (χ1v) is 5.91. The summed E-state index contributed by atoms with van der Waals surface area (Å²) in [6.07, 6.45) is -7.21. The third-order valence-corrected chi connectivity index (χ3v) is 2.62. The van der Waals surface area contributed by atoms with Crippen LogP contribution < -0.4 is 4.74 Å². The van der Waals surface area contributed by atoms with Gasteiger partial charge in [0, 0.05) is 0 Å². The van der Waals surface area contributed by atoms with Gasteiger partial charge >= 0.3 is 12.4 Å². The van der Waals surface area contributed by atoms with Gasteiger partial charge in [0.05, 0.1) is 17.7 Å². The van der Waals surface area contributed by atoms with Crippen molar-refractivity contribution in [3.63, 3.8) is 0 Å². The zero-order chi connectivity index (χ0) is 16.4. The second-order valence-corrected chi connectivity index (χ2v) is 4.25. The van der Waals surface area contributed by atoms with Gasteiger partial charge in [0.1, 0.15) is 25.0 Å². The Hall–Kier alpha value is -2.26. The summed E-state index contributed by atoms with van der Waals surface area (Å²) in [7, 11) is 0. The minimum Gasteiger partial charge on any atom is -0.492 e. The molecular weight excluding hydrogens is 316 g/mol. The second kappa shape index (κ2) is 5.85. The molecule has 0 saturated carbocycles. The molecule has 1 aromatic carbocycles. The van der Waals surface area contributed by atoms with E-state index in [1.54, 1.807) is 0 Å². The van der Waals surface area contributed by atoms with Crippen LogP contribution in [0.2, 0.25) is 0 Å². The van der Waals surface area contributed by atoms with Crippen LogP contribution in [0.25, 0.3) is 0 Å². The van der Waals surface area contributed by atoms with Gasteiger partial charge in [-0.05, 0) is 18.2 Å². The molecule has 0 N–H and O–H groups in total. The fraction of sp³-hybridized carbons (Fsp3) is 0.333. The Morgan fingerprint density at radius 3 is 2.00 bits per heavy atom. The van der Waals surface area contributed by atoms with E-state index in [4.69, 9.17) is 4.74 Å². The zero-order valence-electron chi connectivity index (χ0n) is 10.8. The normalized spacial score (nSPS) is 12.5. The number of nitrogens with zero attached hydrogens (tertiary/aromatic N) is 3. The number of hydrogen-bond donors (Lipinski definition) is 0. The highest BCUT2D eigenvalue weighted by Crippen LogP contribution is 2.38. The summed E-state index contributed by atoms with van der Waals surface area (Å²) >= 11 is 0. The highest BCUT2D eigenvalue weighted by Gasteiger charge is 2.37. The Morgan fingerprint density at radius 2 is 1.55 bits per heavy atom. The van der Waals surface area contributed by atoms with Crippen molar-refractivity contribution in [3.8, 4) is 5.75 Å². The van der Waals surface area contributed by atoms with Crippen LogP contribution in [0.5, 0.6) is 5.75 Å². The van der Waals surface area contributed by atoms with Crippen molar-refractivity contribution in [1.82, 2.24) is 14.8 Å². The summed E-state index contributed by atoms with van der Waals surface area (Å²) in [6, 6.07) is 1.09. The van der Waals surface area contributed by atoms with Gasteiger partial charge in [-0.25, -0.2) is 9.67 Å². The maximum absolute atomic E-state index is 12.6. The largest absolute Gasteiger partial charge is 0.492 e. The third kappa shape index (κ3) is 4.12. The van der Waals surface area contributed by atoms with E-state index in [-0.39, 0.29) is 19.2 Å². The Labute approximate surface area is 120 Å². The quantitative estimate of drug-likeness (QED) is 0.809. The predicted octanol–water partition coefficient (Wildman–Crippen LogP) is 3.39. The first-order chi connectivity index (χ1) is 10.2. The molecule has 1 heterocycles. The lowest BCUT2D eigenvalue weighted by atomic mass is 10.1. The standard InChI is InChI=1S/C12H9F6N3O/c13-11(14,15)8-3-9(12(16,17)18)5-10(4-8)22-2-1-21-7-19-6-20-21/h3-7H,1-2H2. The molecule has 0 amide bonds. The predicted molar refractivity (Wildman–Crippen MR) is 62.0 cm³/mol. The maximum atomic E-state index is 12.6. The Morgan fingerprint density at radius 1 is 0.955 bits per heavy atom. The van der Waals surface area contributed by atoms with Crippen molar-refractivity contribution in [3.05, 3.63) is 42.0 Å². The van der Waals surface area contributed by atoms with E-state index in [2.05, 4.69) is 10.1 Å². The minimum atomic E-state index is -4.90. The molecule has 4 nitrogen and oxygen atoms in total. The molecule has 0 spiro atoms. The van der Waals surface area contributed by atoms with Gasteiger partial charge < -0.3 is 4.74 Å². The molecular formula is C12H9F6N3O. The van der Waals surface area contributed by atoms with E-state index in [1.807, 2.05) is 0 Å². The van der Waals surface area contributed by atoms with Crippen LogP contribution in [-0.4, -0.2) is 21.4 Å². The highest BCUT2D eigenvalue weighted by atomic mass is 19.4. The van der Waals surface area contributed by atoms with Crippen molar-refractivity contribution in [2.24, 2.45) is 0 Å². The molecule has 0 radical (unpaired) electrons. The number of hydrogen-bond acceptors (Lipinski definition) is 3. The van der Waals surface area contributed by atoms with Crippen molar-refractivity contribution in [2.75, 3.05) is 6.61 Å². The minimum absolute atomic E-state index is 0.0459. The number of rotatable bonds is 4. The molecule has 0 saturated heterocycles. The molecule has 120 valence electrons. The molecule has 22 heavy (non-hydrogen) atoms. The van der Waals surface area contributed by atoms with Crippen LogP contribution in [0, 0.1) is 0 Å². The Kier molecular flexibility index (Phi) is 4.29. The SMILES string of the molecule is FC(F)(F)c1cc(OCCn2cncn2)cc(C(F)(F)F)c1. The molecule has 0 bridgehead atoms. The van der Waals surface area contributed by atoms with E-state index in [0.29, 0.717) is 12.1 Å². The van der Waals surface area contributed by atoms with Crippen molar-refractivity contribution >= 4 is 0 Å². The van der Waals surface area contributed by atoms with Gasteiger partial charge in [-0.2, -0.15) is 31.4 Å². The van der Waals surface area contributed by atoms with Gasteiger partial charge in [-0.3, -0.25) is 0 Å². The lowest BCUT2D eigenvalue weighted by Gasteiger charge is -2.14. The topological polar surface area (TPSA) is 39.9 Å². The van der Waals surface area contributed by atoms with E-state index in [0.717, 1.165) is 0 Å². The first-order valence-electron chi connectivity index (χ1n) is 5.91. The van der Waals surface area contributed by atoms with Crippen LogP contribution in [0.4, 0.5) is 26.3 Å². The van der Waals surface area contributed by atoms with Crippen LogP contribution in [0.3, 0.4) is 0 Å². The fourth-order valence-corrected chi connectivity index (χ4v) is 1.61. The molecule has 1 aromatic heterocycles. The van der Waals surface area contributed by atoms with Gasteiger partial charge in [0.2, 0.25) is 0 Å². The molecule has 0 fully saturated rings. The van der Waals surface area contributed by atoms with Gasteiger partial charge in [-0.15, -0.1) is 0 Å². The Bertz CT molecular complexity index is 589. The Balaban J connectivity index is 2.18. The number of benzene rings is 1. The molecule has 0 atom stereocenters. The number of alkyl halides is 6. The smallest absolute Gasteiger partial charge is 0.416 e. The second-order valence-electron chi connectivity index (χ2n) is 4.25. The molecule has 0 aliphatic heterocycles. The van der Waals surface area contributed by atoms with E-state index >= 15 is 0 Å². The van der Waals surface area contributed by atoms with E-state index < -0.39 is 29.2 Å². The molecule has 2 aromatic rings. The molecule has 0 aliphatic rings. The lowest BCUT2D eigenvalue weighted by Crippen LogP contribution is -2.13. The van der Waals surface area contributed by atoms with Crippen LogP contribution in [0.1, 0.15) is 11.1 Å².